The molecule has 152 valence electrons. The highest BCUT2D eigenvalue weighted by Gasteiger charge is 2.29. The average Bonchev–Trinajstić information content (AvgIpc) is 2.73. The van der Waals surface area contributed by atoms with E-state index in [0.717, 1.165) is 15.8 Å². The Kier molecular flexibility index (Phi) is 5.55. The SMILES string of the molecule is COc1ccc(C2CC(=O)c3cc(C(=O)Nc4cccc(Br)c4)c(=O)[nH]c3C2)cc1. The highest BCUT2D eigenvalue weighted by molar-refractivity contribution is 9.10. The average molecular weight is 467 g/mol. The van der Waals surface area contributed by atoms with Crippen molar-refractivity contribution in [2.24, 2.45) is 0 Å². The second-order valence-electron chi connectivity index (χ2n) is 7.17. The van der Waals surface area contributed by atoms with Gasteiger partial charge in [-0.1, -0.05) is 34.1 Å². The summed E-state index contributed by atoms with van der Waals surface area (Å²) in [5.74, 6) is 0.0655. The molecule has 1 atom stereocenters. The fourth-order valence-corrected chi connectivity index (χ4v) is 4.08. The first-order chi connectivity index (χ1) is 14.4. The second kappa shape index (κ2) is 8.28. The summed E-state index contributed by atoms with van der Waals surface area (Å²) in [4.78, 5) is 40.7. The molecule has 6 nitrogen and oxygen atoms in total. The van der Waals surface area contributed by atoms with Crippen LogP contribution in [0.2, 0.25) is 0 Å². The largest absolute Gasteiger partial charge is 0.497 e. The van der Waals surface area contributed by atoms with Gasteiger partial charge in [0.05, 0.1) is 7.11 Å². The van der Waals surface area contributed by atoms with Crippen LogP contribution in [0.15, 0.2) is 63.9 Å². The number of hydrogen-bond donors (Lipinski definition) is 2. The minimum absolute atomic E-state index is 0.0344. The van der Waals surface area contributed by atoms with Crippen LogP contribution in [0, 0.1) is 0 Å². The van der Waals surface area contributed by atoms with Crippen LogP contribution < -0.4 is 15.6 Å². The zero-order valence-corrected chi connectivity index (χ0v) is 17.8. The molecule has 2 aromatic carbocycles. The number of fused-ring (bicyclic) bond motifs is 1. The second-order valence-corrected chi connectivity index (χ2v) is 8.09. The summed E-state index contributed by atoms with van der Waals surface area (Å²) in [6.45, 7) is 0. The van der Waals surface area contributed by atoms with E-state index in [-0.39, 0.29) is 17.3 Å². The van der Waals surface area contributed by atoms with E-state index in [2.05, 4.69) is 26.2 Å². The molecule has 0 aliphatic heterocycles. The molecular formula is C23H19BrN2O4. The molecule has 0 saturated heterocycles. The standard InChI is InChI=1S/C23H19BrN2O4/c1-30-17-7-5-13(6-8-17)14-9-20-18(21(27)10-14)12-19(23(29)26-20)22(28)25-16-4-2-3-15(24)11-16/h2-8,11-12,14H,9-10H2,1H3,(H,25,28)(H,26,29). The first-order valence-corrected chi connectivity index (χ1v) is 10.2. The number of carbonyl (C=O) groups excluding carboxylic acids is 2. The van der Waals surface area contributed by atoms with Gasteiger partial charge in [-0.15, -0.1) is 0 Å². The van der Waals surface area contributed by atoms with Gasteiger partial charge in [-0.2, -0.15) is 0 Å². The predicted octanol–water partition coefficient (Wildman–Crippen LogP) is 4.31. The number of amides is 1. The van der Waals surface area contributed by atoms with Crippen molar-refractivity contribution < 1.29 is 14.3 Å². The summed E-state index contributed by atoms with van der Waals surface area (Å²) in [5, 5.41) is 2.69. The Morgan fingerprint density at radius 2 is 1.87 bits per heavy atom. The minimum Gasteiger partial charge on any atom is -0.497 e. The summed E-state index contributed by atoms with van der Waals surface area (Å²) in [6.07, 6.45) is 0.842. The number of aromatic amines is 1. The van der Waals surface area contributed by atoms with Crippen molar-refractivity contribution in [1.82, 2.24) is 4.98 Å². The molecule has 0 radical (unpaired) electrons. The van der Waals surface area contributed by atoms with Crippen molar-refractivity contribution in [3.05, 3.63) is 91.8 Å². The number of hydrogen-bond acceptors (Lipinski definition) is 4. The summed E-state index contributed by atoms with van der Waals surface area (Å²) in [7, 11) is 1.60. The van der Waals surface area contributed by atoms with E-state index in [4.69, 9.17) is 4.74 Å². The van der Waals surface area contributed by atoms with Gasteiger partial charge >= 0.3 is 0 Å². The van der Waals surface area contributed by atoms with E-state index in [0.29, 0.717) is 29.8 Å². The molecule has 4 rings (SSSR count). The van der Waals surface area contributed by atoms with Gasteiger partial charge in [0.2, 0.25) is 0 Å². The Hall–Kier alpha value is -3.19. The van der Waals surface area contributed by atoms with Crippen molar-refractivity contribution in [2.75, 3.05) is 12.4 Å². The van der Waals surface area contributed by atoms with E-state index in [1.54, 1.807) is 25.3 Å². The van der Waals surface area contributed by atoms with Crippen LogP contribution in [0.5, 0.6) is 5.75 Å². The maximum atomic E-state index is 12.8. The van der Waals surface area contributed by atoms with Crippen LogP contribution in [-0.4, -0.2) is 23.8 Å². The topological polar surface area (TPSA) is 88.3 Å². The lowest BCUT2D eigenvalue weighted by atomic mass is 9.81. The molecule has 0 saturated carbocycles. The van der Waals surface area contributed by atoms with Crippen LogP contribution in [0.3, 0.4) is 0 Å². The number of H-pyrrole nitrogens is 1. The zero-order valence-electron chi connectivity index (χ0n) is 16.2. The molecule has 3 aromatic rings. The van der Waals surface area contributed by atoms with E-state index >= 15 is 0 Å². The number of anilines is 1. The van der Waals surface area contributed by atoms with Crippen LogP contribution in [-0.2, 0) is 6.42 Å². The van der Waals surface area contributed by atoms with E-state index < -0.39 is 11.5 Å². The number of benzene rings is 2. The Balaban J connectivity index is 1.60. The molecular weight excluding hydrogens is 448 g/mol. The van der Waals surface area contributed by atoms with Crippen LogP contribution in [0.25, 0.3) is 0 Å². The van der Waals surface area contributed by atoms with E-state index in [9.17, 15) is 14.4 Å². The van der Waals surface area contributed by atoms with Gasteiger partial charge in [-0.25, -0.2) is 0 Å². The van der Waals surface area contributed by atoms with Crippen molar-refractivity contribution in [1.29, 1.82) is 0 Å². The molecule has 30 heavy (non-hydrogen) atoms. The number of aromatic nitrogens is 1. The third-order valence-corrected chi connectivity index (χ3v) is 5.71. The van der Waals surface area contributed by atoms with Crippen molar-refractivity contribution in [3.8, 4) is 5.75 Å². The van der Waals surface area contributed by atoms with E-state index in [1.807, 2.05) is 30.3 Å². The minimum atomic E-state index is -0.553. The lowest BCUT2D eigenvalue weighted by Gasteiger charge is -2.24. The smallest absolute Gasteiger partial charge is 0.261 e. The maximum absolute atomic E-state index is 12.8. The van der Waals surface area contributed by atoms with Crippen LogP contribution in [0.4, 0.5) is 5.69 Å². The fraction of sp³-hybridized carbons (Fsp3) is 0.174. The molecule has 1 amide bonds. The molecule has 1 aromatic heterocycles. The number of rotatable bonds is 4. The predicted molar refractivity (Wildman–Crippen MR) is 118 cm³/mol. The number of Topliss-reactive ketones (excluding diaryl/α,β-unsaturated/α-hetero) is 1. The number of carbonyl (C=O) groups is 2. The van der Waals surface area contributed by atoms with E-state index in [1.165, 1.54) is 6.07 Å². The van der Waals surface area contributed by atoms with Gasteiger partial charge in [-0.3, -0.25) is 14.4 Å². The number of halogens is 1. The van der Waals surface area contributed by atoms with Crippen molar-refractivity contribution in [2.45, 2.75) is 18.8 Å². The summed E-state index contributed by atoms with van der Waals surface area (Å²) in [5.41, 5.74) is 1.94. The van der Waals surface area contributed by atoms with Gasteiger partial charge in [0, 0.05) is 27.8 Å². The Morgan fingerprint density at radius 3 is 2.57 bits per heavy atom. The zero-order chi connectivity index (χ0) is 21.3. The summed E-state index contributed by atoms with van der Waals surface area (Å²) >= 11 is 3.34. The molecule has 0 spiro atoms. The molecule has 0 bridgehead atoms. The first-order valence-electron chi connectivity index (χ1n) is 9.45. The number of methoxy groups -OCH3 is 1. The highest BCUT2D eigenvalue weighted by atomic mass is 79.9. The third-order valence-electron chi connectivity index (χ3n) is 5.22. The lowest BCUT2D eigenvalue weighted by molar-refractivity contribution is 0.0963. The monoisotopic (exact) mass is 466 g/mol. The van der Waals surface area contributed by atoms with Gasteiger partial charge < -0.3 is 15.0 Å². The Labute approximate surface area is 181 Å². The van der Waals surface area contributed by atoms with Crippen molar-refractivity contribution >= 4 is 33.3 Å². The molecule has 0 fully saturated rings. The van der Waals surface area contributed by atoms with Gasteiger partial charge in [0.15, 0.2) is 5.78 Å². The Bertz CT molecular complexity index is 1180. The van der Waals surface area contributed by atoms with Crippen LogP contribution in [0.1, 0.15) is 44.3 Å². The normalized spacial score (nSPS) is 15.4. The summed E-state index contributed by atoms with van der Waals surface area (Å²) < 4.78 is 5.98. The van der Waals surface area contributed by atoms with Gasteiger partial charge in [0.25, 0.3) is 11.5 Å². The molecule has 1 aliphatic carbocycles. The lowest BCUT2D eigenvalue weighted by Crippen LogP contribution is -2.29. The molecule has 1 aliphatic rings. The molecule has 2 N–H and O–H groups in total. The highest BCUT2D eigenvalue weighted by Crippen LogP contribution is 2.32. The number of ketones is 1. The third kappa shape index (κ3) is 4.07. The van der Waals surface area contributed by atoms with Crippen molar-refractivity contribution in [3.63, 3.8) is 0 Å². The number of nitrogens with one attached hydrogen (secondary N) is 2. The fourth-order valence-electron chi connectivity index (χ4n) is 3.68. The van der Waals surface area contributed by atoms with Gasteiger partial charge in [0.1, 0.15) is 11.3 Å². The molecule has 7 heteroatoms. The van der Waals surface area contributed by atoms with Crippen LogP contribution >= 0.6 is 15.9 Å². The van der Waals surface area contributed by atoms with Gasteiger partial charge in [-0.05, 0) is 54.3 Å². The number of pyridine rings is 1. The quantitative estimate of drug-likeness (QED) is 0.599. The molecule has 1 unspecified atom stereocenters. The summed E-state index contributed by atoms with van der Waals surface area (Å²) in [6, 6.07) is 16.0. The maximum Gasteiger partial charge on any atom is 0.261 e. The molecule has 1 heterocycles. The Morgan fingerprint density at radius 1 is 1.10 bits per heavy atom. The first kappa shape index (κ1) is 20.1. The number of ether oxygens (including phenoxy) is 1.